The fourth-order valence-electron chi connectivity index (χ4n) is 5.99. The van der Waals surface area contributed by atoms with E-state index in [0.717, 1.165) is 44.4 Å². The molecule has 0 bridgehead atoms. The number of anilines is 3. The van der Waals surface area contributed by atoms with E-state index in [2.05, 4.69) is 157 Å². The molecule has 0 N–H and O–H groups in total. The van der Waals surface area contributed by atoms with Crippen molar-refractivity contribution in [2.75, 3.05) is 4.90 Å². The quantitative estimate of drug-likeness (QED) is 0.234. The van der Waals surface area contributed by atoms with Gasteiger partial charge in [-0.15, -0.1) is 0 Å². The van der Waals surface area contributed by atoms with Gasteiger partial charge in [-0.1, -0.05) is 115 Å². The van der Waals surface area contributed by atoms with E-state index < -0.39 is 0 Å². The molecule has 8 aromatic rings. The zero-order valence-electron chi connectivity index (χ0n) is 21.8. The number of benzene rings is 7. The van der Waals surface area contributed by atoms with Crippen molar-refractivity contribution in [3.63, 3.8) is 0 Å². The van der Waals surface area contributed by atoms with Crippen molar-refractivity contribution < 1.29 is 4.42 Å². The highest BCUT2D eigenvalue weighted by molar-refractivity contribution is 6.25. The number of hydrogen-bond acceptors (Lipinski definition) is 2. The maximum absolute atomic E-state index is 6.70. The molecular weight excluding hydrogens is 486 g/mol. The lowest BCUT2D eigenvalue weighted by atomic mass is 9.99. The third kappa shape index (κ3) is 3.58. The third-order valence-electron chi connectivity index (χ3n) is 7.81. The summed E-state index contributed by atoms with van der Waals surface area (Å²) in [7, 11) is 0. The zero-order chi connectivity index (χ0) is 26.5. The molecule has 0 radical (unpaired) electrons. The summed E-state index contributed by atoms with van der Waals surface area (Å²) in [6.07, 6.45) is 0. The first-order valence-corrected chi connectivity index (χ1v) is 13.6. The van der Waals surface area contributed by atoms with Crippen molar-refractivity contribution in [2.24, 2.45) is 0 Å². The predicted octanol–water partition coefficient (Wildman–Crippen LogP) is 11.0. The monoisotopic (exact) mass is 511 g/mol. The summed E-state index contributed by atoms with van der Waals surface area (Å²) < 4.78 is 6.70. The summed E-state index contributed by atoms with van der Waals surface area (Å²) in [6, 6.07) is 53.6. The molecule has 188 valence electrons. The van der Waals surface area contributed by atoms with Crippen LogP contribution in [0.4, 0.5) is 17.1 Å². The Bertz CT molecular complexity index is 2160. The highest BCUT2D eigenvalue weighted by Gasteiger charge is 2.21. The Balaban J connectivity index is 1.44. The van der Waals surface area contributed by atoms with E-state index in [1.54, 1.807) is 0 Å². The van der Waals surface area contributed by atoms with Gasteiger partial charge in [0.1, 0.15) is 11.2 Å². The van der Waals surface area contributed by atoms with E-state index in [1.165, 1.54) is 27.3 Å². The number of nitrogens with zero attached hydrogens (tertiary/aromatic N) is 1. The number of para-hydroxylation sites is 1. The van der Waals surface area contributed by atoms with Gasteiger partial charge < -0.3 is 9.32 Å². The van der Waals surface area contributed by atoms with Gasteiger partial charge in [0.25, 0.3) is 0 Å². The zero-order valence-corrected chi connectivity index (χ0v) is 21.8. The van der Waals surface area contributed by atoms with Crippen molar-refractivity contribution >= 4 is 60.5 Å². The van der Waals surface area contributed by atoms with E-state index in [1.807, 2.05) is 0 Å². The van der Waals surface area contributed by atoms with Gasteiger partial charge in [0.15, 0.2) is 0 Å². The lowest BCUT2D eigenvalue weighted by Crippen LogP contribution is -2.10. The average Bonchev–Trinajstić information content (AvgIpc) is 3.42. The van der Waals surface area contributed by atoms with Crippen LogP contribution in [0.1, 0.15) is 0 Å². The minimum absolute atomic E-state index is 0.889. The molecular formula is C38H25NO. The van der Waals surface area contributed by atoms with Crippen LogP contribution in [0.15, 0.2) is 156 Å². The molecule has 0 unspecified atom stereocenters. The molecule has 0 spiro atoms. The molecule has 2 heteroatoms. The number of hydrogen-bond donors (Lipinski definition) is 0. The van der Waals surface area contributed by atoms with Gasteiger partial charge >= 0.3 is 0 Å². The van der Waals surface area contributed by atoms with Gasteiger partial charge in [0.05, 0.1) is 5.69 Å². The van der Waals surface area contributed by atoms with Crippen LogP contribution in [0, 0.1) is 0 Å². The molecule has 0 aliphatic carbocycles. The summed E-state index contributed by atoms with van der Waals surface area (Å²) >= 11 is 0. The highest BCUT2D eigenvalue weighted by Crippen LogP contribution is 2.45. The van der Waals surface area contributed by atoms with Crippen LogP contribution in [0.2, 0.25) is 0 Å². The first-order valence-electron chi connectivity index (χ1n) is 13.6. The van der Waals surface area contributed by atoms with Crippen LogP contribution in [0.25, 0.3) is 54.6 Å². The molecule has 2 nitrogen and oxygen atoms in total. The van der Waals surface area contributed by atoms with Crippen LogP contribution >= 0.6 is 0 Å². The van der Waals surface area contributed by atoms with Crippen molar-refractivity contribution in [3.05, 3.63) is 152 Å². The number of fused-ring (bicyclic) bond motifs is 7. The van der Waals surface area contributed by atoms with Crippen molar-refractivity contribution in [1.82, 2.24) is 0 Å². The smallest absolute Gasteiger partial charge is 0.143 e. The van der Waals surface area contributed by atoms with E-state index in [4.69, 9.17) is 4.42 Å². The lowest BCUT2D eigenvalue weighted by Gasteiger charge is -2.27. The van der Waals surface area contributed by atoms with Crippen LogP contribution in [0.5, 0.6) is 0 Å². The second kappa shape index (κ2) is 9.14. The van der Waals surface area contributed by atoms with Crippen molar-refractivity contribution in [3.8, 4) is 11.1 Å². The first-order chi connectivity index (χ1) is 19.8. The first kappa shape index (κ1) is 22.6. The van der Waals surface area contributed by atoms with Gasteiger partial charge in [-0.2, -0.15) is 0 Å². The Hall–Kier alpha value is -5.34. The van der Waals surface area contributed by atoms with Gasteiger partial charge in [-0.25, -0.2) is 0 Å². The molecule has 0 amide bonds. The molecule has 8 rings (SSSR count). The molecule has 40 heavy (non-hydrogen) atoms. The Labute approximate surface area is 232 Å². The standard InChI is InChI=1S/C38H25NO/c1-3-12-26(13-4-1)28-15-11-18-30(24-28)39(29-16-5-2-6-17-29)35-25-36-37(33-21-10-9-20-32(33)35)34-23-22-27-14-7-8-19-31(27)38(34)40-36/h1-25H. The Morgan fingerprint density at radius 1 is 0.425 bits per heavy atom. The molecule has 1 heterocycles. The highest BCUT2D eigenvalue weighted by atomic mass is 16.3. The van der Waals surface area contributed by atoms with Crippen molar-refractivity contribution in [1.29, 1.82) is 0 Å². The third-order valence-corrected chi connectivity index (χ3v) is 7.81. The normalized spacial score (nSPS) is 11.5. The maximum Gasteiger partial charge on any atom is 0.143 e. The summed E-state index contributed by atoms with van der Waals surface area (Å²) in [5.74, 6) is 0. The molecule has 0 fully saturated rings. The van der Waals surface area contributed by atoms with E-state index in [9.17, 15) is 0 Å². The SMILES string of the molecule is c1ccc(-c2cccc(N(c3ccccc3)c3cc4oc5c6ccccc6ccc5c4c4ccccc34)c2)cc1. The second-order valence-corrected chi connectivity index (χ2v) is 10.2. The minimum Gasteiger partial charge on any atom is -0.455 e. The topological polar surface area (TPSA) is 16.4 Å². The van der Waals surface area contributed by atoms with Gasteiger partial charge in [-0.3, -0.25) is 0 Å². The molecule has 0 saturated carbocycles. The van der Waals surface area contributed by atoms with Crippen LogP contribution in [-0.2, 0) is 0 Å². The van der Waals surface area contributed by atoms with Gasteiger partial charge in [0, 0.05) is 39.0 Å². The van der Waals surface area contributed by atoms with Gasteiger partial charge in [-0.05, 0) is 52.2 Å². The molecule has 0 aliphatic heterocycles. The minimum atomic E-state index is 0.889. The Kier molecular flexibility index (Phi) is 5.17. The maximum atomic E-state index is 6.70. The summed E-state index contributed by atoms with van der Waals surface area (Å²) in [4.78, 5) is 2.35. The predicted molar refractivity (Wildman–Crippen MR) is 169 cm³/mol. The van der Waals surface area contributed by atoms with Crippen LogP contribution in [-0.4, -0.2) is 0 Å². The summed E-state index contributed by atoms with van der Waals surface area (Å²) in [5, 5.41) is 6.99. The largest absolute Gasteiger partial charge is 0.455 e. The number of furan rings is 1. The average molecular weight is 512 g/mol. The van der Waals surface area contributed by atoms with E-state index in [-0.39, 0.29) is 0 Å². The molecule has 0 saturated heterocycles. The summed E-state index contributed by atoms with van der Waals surface area (Å²) in [6.45, 7) is 0. The molecule has 7 aromatic carbocycles. The fraction of sp³-hybridized carbons (Fsp3) is 0. The van der Waals surface area contributed by atoms with E-state index in [0.29, 0.717) is 0 Å². The van der Waals surface area contributed by atoms with Crippen LogP contribution < -0.4 is 4.90 Å². The van der Waals surface area contributed by atoms with Gasteiger partial charge in [0.2, 0.25) is 0 Å². The molecule has 1 aromatic heterocycles. The fourth-order valence-corrected chi connectivity index (χ4v) is 5.99. The molecule has 0 atom stereocenters. The van der Waals surface area contributed by atoms with Crippen molar-refractivity contribution in [2.45, 2.75) is 0 Å². The summed E-state index contributed by atoms with van der Waals surface area (Å²) in [5.41, 5.74) is 7.48. The van der Waals surface area contributed by atoms with Crippen LogP contribution in [0.3, 0.4) is 0 Å². The lowest BCUT2D eigenvalue weighted by molar-refractivity contribution is 0.673. The second-order valence-electron chi connectivity index (χ2n) is 10.2. The van der Waals surface area contributed by atoms with E-state index >= 15 is 0 Å². The number of rotatable bonds is 4. The Morgan fingerprint density at radius 3 is 1.90 bits per heavy atom. The molecule has 0 aliphatic rings. The Morgan fingerprint density at radius 2 is 1.07 bits per heavy atom.